The Labute approximate surface area is 187 Å². The van der Waals surface area contributed by atoms with Crippen LogP contribution in [0.3, 0.4) is 0 Å². The van der Waals surface area contributed by atoms with Gasteiger partial charge in [-0.3, -0.25) is 18.7 Å². The number of nitrogens with one attached hydrogen (secondary N) is 1. The molecule has 0 bridgehead atoms. The summed E-state index contributed by atoms with van der Waals surface area (Å²) in [6.07, 6.45) is 1.63. The summed E-state index contributed by atoms with van der Waals surface area (Å²) in [5.41, 5.74) is 1.29. The molecule has 1 N–H and O–H groups in total. The second kappa shape index (κ2) is 9.74. The minimum Gasteiger partial charge on any atom is -0.355 e. The van der Waals surface area contributed by atoms with Crippen molar-refractivity contribution < 1.29 is 9.18 Å². The Morgan fingerprint density at radius 3 is 2.44 bits per heavy atom. The fourth-order valence-electron chi connectivity index (χ4n) is 3.56. The molecular weight excluding hydrogens is 429 g/mol. The van der Waals surface area contributed by atoms with E-state index in [0.29, 0.717) is 22.3 Å². The van der Waals surface area contributed by atoms with E-state index in [4.69, 9.17) is 0 Å². The van der Waals surface area contributed by atoms with E-state index >= 15 is 0 Å². The molecule has 0 radical (unpaired) electrons. The van der Waals surface area contributed by atoms with Crippen LogP contribution >= 0.6 is 11.3 Å². The maximum atomic E-state index is 13.2. The highest BCUT2D eigenvalue weighted by molar-refractivity contribution is 7.17. The first kappa shape index (κ1) is 21.7. The molecule has 0 saturated carbocycles. The molecule has 0 atom stereocenters. The summed E-state index contributed by atoms with van der Waals surface area (Å²) in [6, 6.07) is 17.3. The number of carbonyl (C=O) groups is 1. The largest absolute Gasteiger partial charge is 0.355 e. The molecular formula is C24H22FN3O3S. The molecule has 0 saturated heterocycles. The van der Waals surface area contributed by atoms with Gasteiger partial charge in [0.2, 0.25) is 5.91 Å². The fourth-order valence-corrected chi connectivity index (χ4v) is 4.41. The molecule has 1 amide bonds. The molecule has 0 unspecified atom stereocenters. The minimum atomic E-state index is -0.565. The van der Waals surface area contributed by atoms with Crippen molar-refractivity contribution >= 4 is 27.5 Å². The Balaban J connectivity index is 1.51. The van der Waals surface area contributed by atoms with Gasteiger partial charge in [0, 0.05) is 6.54 Å². The first-order valence-electron chi connectivity index (χ1n) is 10.3. The molecule has 8 heteroatoms. The molecule has 4 rings (SSSR count). The zero-order valence-corrected chi connectivity index (χ0v) is 18.1. The first-order chi connectivity index (χ1) is 15.5. The number of aromatic nitrogens is 2. The highest BCUT2D eigenvalue weighted by Crippen LogP contribution is 2.15. The van der Waals surface area contributed by atoms with E-state index in [1.807, 2.05) is 30.3 Å². The van der Waals surface area contributed by atoms with E-state index in [1.54, 1.807) is 11.4 Å². The maximum absolute atomic E-state index is 13.2. The predicted molar refractivity (Wildman–Crippen MR) is 124 cm³/mol. The number of hydrogen-bond acceptors (Lipinski definition) is 4. The Morgan fingerprint density at radius 1 is 0.938 bits per heavy atom. The summed E-state index contributed by atoms with van der Waals surface area (Å²) in [4.78, 5) is 38.5. The summed E-state index contributed by atoms with van der Waals surface area (Å²) in [5.74, 6) is -0.684. The molecule has 2 aromatic carbocycles. The quantitative estimate of drug-likeness (QED) is 0.418. The van der Waals surface area contributed by atoms with Crippen LogP contribution in [0.2, 0.25) is 0 Å². The monoisotopic (exact) mass is 451 g/mol. The van der Waals surface area contributed by atoms with Gasteiger partial charge in [0.1, 0.15) is 17.1 Å². The van der Waals surface area contributed by atoms with Crippen molar-refractivity contribution in [2.75, 3.05) is 6.54 Å². The third-order valence-corrected chi connectivity index (χ3v) is 6.09. The van der Waals surface area contributed by atoms with Crippen LogP contribution in [-0.2, 0) is 24.3 Å². The highest BCUT2D eigenvalue weighted by Gasteiger charge is 2.16. The zero-order valence-electron chi connectivity index (χ0n) is 17.3. The Morgan fingerprint density at radius 2 is 1.69 bits per heavy atom. The SMILES string of the molecule is O=C(Cn1c(=O)n(Cc2ccc(F)cc2)c(=O)c2sccc21)NCCCc1ccccc1. The van der Waals surface area contributed by atoms with E-state index in [1.165, 1.54) is 45.7 Å². The minimum absolute atomic E-state index is 0.00445. The topological polar surface area (TPSA) is 73.1 Å². The molecule has 0 spiro atoms. The summed E-state index contributed by atoms with van der Waals surface area (Å²) in [6.45, 7) is 0.316. The van der Waals surface area contributed by atoms with Crippen LogP contribution in [0.5, 0.6) is 0 Å². The molecule has 0 aliphatic heterocycles. The number of halogens is 1. The van der Waals surface area contributed by atoms with Crippen molar-refractivity contribution in [3.63, 3.8) is 0 Å². The molecule has 0 fully saturated rings. The Kier molecular flexibility index (Phi) is 6.61. The molecule has 32 heavy (non-hydrogen) atoms. The average Bonchev–Trinajstić information content (AvgIpc) is 3.29. The van der Waals surface area contributed by atoms with E-state index in [2.05, 4.69) is 5.32 Å². The van der Waals surface area contributed by atoms with Crippen LogP contribution < -0.4 is 16.6 Å². The second-order valence-corrected chi connectivity index (χ2v) is 8.38. The van der Waals surface area contributed by atoms with Crippen LogP contribution in [-0.4, -0.2) is 21.6 Å². The fraction of sp³-hybridized carbons (Fsp3) is 0.208. The molecule has 2 heterocycles. The van der Waals surface area contributed by atoms with E-state index in [9.17, 15) is 18.8 Å². The Hall–Kier alpha value is -3.52. The highest BCUT2D eigenvalue weighted by atomic mass is 32.1. The number of fused-ring (bicyclic) bond motifs is 1. The summed E-state index contributed by atoms with van der Waals surface area (Å²) < 4.78 is 16.0. The lowest BCUT2D eigenvalue weighted by Gasteiger charge is -2.12. The van der Waals surface area contributed by atoms with Gasteiger partial charge in [-0.25, -0.2) is 9.18 Å². The number of nitrogens with zero attached hydrogens (tertiary/aromatic N) is 2. The number of carbonyl (C=O) groups excluding carboxylic acids is 1. The van der Waals surface area contributed by atoms with Crippen LogP contribution in [0.15, 0.2) is 75.6 Å². The Bertz CT molecular complexity index is 1340. The smallest absolute Gasteiger partial charge is 0.332 e. The van der Waals surface area contributed by atoms with E-state index < -0.39 is 17.1 Å². The molecule has 4 aromatic rings. The standard InChI is InChI=1S/C24H22FN3O3S/c25-19-10-8-18(9-11-19)15-28-23(30)22-20(12-14-32-22)27(24(28)31)16-21(29)26-13-4-7-17-5-2-1-3-6-17/h1-3,5-6,8-12,14H,4,7,13,15-16H2,(H,26,29). The van der Waals surface area contributed by atoms with Crippen molar-refractivity contribution in [2.24, 2.45) is 0 Å². The van der Waals surface area contributed by atoms with Gasteiger partial charge in [0.05, 0.1) is 12.1 Å². The molecule has 0 aliphatic carbocycles. The average molecular weight is 452 g/mol. The first-order valence-corrected chi connectivity index (χ1v) is 11.2. The maximum Gasteiger partial charge on any atom is 0.332 e. The van der Waals surface area contributed by atoms with Gasteiger partial charge in [-0.05, 0) is 47.5 Å². The van der Waals surface area contributed by atoms with Crippen LogP contribution in [0.4, 0.5) is 4.39 Å². The van der Waals surface area contributed by atoms with E-state index in [-0.39, 0.29) is 19.0 Å². The predicted octanol–water partition coefficient (Wildman–Crippen LogP) is 3.16. The van der Waals surface area contributed by atoms with Gasteiger partial charge in [-0.1, -0.05) is 42.5 Å². The summed E-state index contributed by atoms with van der Waals surface area (Å²) in [7, 11) is 0. The number of benzene rings is 2. The third kappa shape index (κ3) is 4.86. The number of hydrogen-bond donors (Lipinski definition) is 1. The molecule has 164 valence electrons. The van der Waals surface area contributed by atoms with Gasteiger partial charge in [-0.15, -0.1) is 11.3 Å². The third-order valence-electron chi connectivity index (χ3n) is 5.20. The summed E-state index contributed by atoms with van der Waals surface area (Å²) in [5, 5.41) is 4.58. The van der Waals surface area contributed by atoms with Crippen molar-refractivity contribution in [3.8, 4) is 0 Å². The normalized spacial score (nSPS) is 11.0. The van der Waals surface area contributed by atoms with Crippen molar-refractivity contribution in [1.29, 1.82) is 0 Å². The van der Waals surface area contributed by atoms with Crippen LogP contribution in [0.1, 0.15) is 17.5 Å². The number of amides is 1. The van der Waals surface area contributed by atoms with Gasteiger partial charge >= 0.3 is 5.69 Å². The van der Waals surface area contributed by atoms with Gasteiger partial charge in [0.25, 0.3) is 5.56 Å². The molecule has 0 aliphatic rings. The van der Waals surface area contributed by atoms with Crippen LogP contribution in [0, 0.1) is 5.82 Å². The lowest BCUT2D eigenvalue weighted by molar-refractivity contribution is -0.121. The lowest BCUT2D eigenvalue weighted by Crippen LogP contribution is -2.42. The van der Waals surface area contributed by atoms with Gasteiger partial charge in [0.15, 0.2) is 0 Å². The lowest BCUT2D eigenvalue weighted by atomic mass is 10.1. The van der Waals surface area contributed by atoms with Gasteiger partial charge in [-0.2, -0.15) is 0 Å². The number of rotatable bonds is 8. The van der Waals surface area contributed by atoms with E-state index in [0.717, 1.165) is 17.4 Å². The van der Waals surface area contributed by atoms with Crippen LogP contribution in [0.25, 0.3) is 10.2 Å². The van der Waals surface area contributed by atoms with Crippen molar-refractivity contribution in [2.45, 2.75) is 25.9 Å². The molecule has 6 nitrogen and oxygen atoms in total. The number of thiophene rings is 1. The van der Waals surface area contributed by atoms with Gasteiger partial charge < -0.3 is 5.32 Å². The number of aryl methyl sites for hydroxylation is 1. The van der Waals surface area contributed by atoms with Crippen molar-refractivity contribution in [3.05, 3.63) is 104 Å². The van der Waals surface area contributed by atoms with Crippen molar-refractivity contribution in [1.82, 2.24) is 14.5 Å². The zero-order chi connectivity index (χ0) is 22.5. The molecule has 2 aromatic heterocycles. The second-order valence-electron chi connectivity index (χ2n) is 7.46. The summed E-state index contributed by atoms with van der Waals surface area (Å²) >= 11 is 1.23.